The van der Waals surface area contributed by atoms with Crippen LogP contribution >= 0.6 is 0 Å². The van der Waals surface area contributed by atoms with Gasteiger partial charge in [0.25, 0.3) is 0 Å². The first-order valence-electron chi connectivity index (χ1n) is 9.28. The van der Waals surface area contributed by atoms with E-state index in [-0.39, 0.29) is 17.2 Å². The molecule has 3 heteroatoms. The van der Waals surface area contributed by atoms with Crippen molar-refractivity contribution in [1.29, 1.82) is 0 Å². The van der Waals surface area contributed by atoms with Crippen molar-refractivity contribution in [3.63, 3.8) is 0 Å². The molecular weight excluding hydrogens is 284 g/mol. The zero-order chi connectivity index (χ0) is 18.3. The summed E-state index contributed by atoms with van der Waals surface area (Å²) in [6.07, 6.45) is 5.69. The highest BCUT2D eigenvalue weighted by Crippen LogP contribution is 2.37. The van der Waals surface area contributed by atoms with Crippen molar-refractivity contribution >= 4 is 0 Å². The molecule has 0 saturated carbocycles. The maximum absolute atomic E-state index is 9.67. The lowest BCUT2D eigenvalue weighted by atomic mass is 9.79. The quantitative estimate of drug-likeness (QED) is 0.719. The standard InChI is InChI=1S/C10H21NO.C10H21N/c1-9(2)6-8(12)7-10(3,4)11(9)5;1-9(2)7-6-8-10(3,4)11(9)5/h8,12H,6-7H2,1-5H3;6-8H2,1-5H3. The average Bonchev–Trinajstić information content (AvgIpc) is 2.32. The molecule has 0 amide bonds. The molecule has 2 saturated heterocycles. The first kappa shape index (κ1) is 20.9. The summed E-state index contributed by atoms with van der Waals surface area (Å²) < 4.78 is 0. The van der Waals surface area contributed by atoms with E-state index >= 15 is 0 Å². The van der Waals surface area contributed by atoms with Crippen LogP contribution in [-0.2, 0) is 0 Å². The van der Waals surface area contributed by atoms with Crippen LogP contribution in [0, 0.1) is 0 Å². The Morgan fingerprint density at radius 3 is 1.26 bits per heavy atom. The van der Waals surface area contributed by atoms with Crippen LogP contribution < -0.4 is 0 Å². The summed E-state index contributed by atoms with van der Waals surface area (Å²) in [5.74, 6) is 0. The Labute approximate surface area is 145 Å². The predicted octanol–water partition coefficient (Wildman–Crippen LogP) is 4.29. The Morgan fingerprint density at radius 2 is 0.957 bits per heavy atom. The van der Waals surface area contributed by atoms with Gasteiger partial charge in [-0.2, -0.15) is 0 Å². The highest BCUT2D eigenvalue weighted by Gasteiger charge is 2.42. The van der Waals surface area contributed by atoms with E-state index in [2.05, 4.69) is 79.3 Å². The number of hydrogen-bond acceptors (Lipinski definition) is 3. The van der Waals surface area contributed by atoms with Crippen molar-refractivity contribution in [1.82, 2.24) is 9.80 Å². The van der Waals surface area contributed by atoms with E-state index in [1.807, 2.05) is 0 Å². The molecule has 0 aliphatic carbocycles. The first-order valence-corrected chi connectivity index (χ1v) is 9.28. The molecular formula is C20H42N2O. The molecule has 0 aromatic heterocycles. The lowest BCUT2D eigenvalue weighted by Gasteiger charge is -2.52. The van der Waals surface area contributed by atoms with E-state index < -0.39 is 0 Å². The summed E-state index contributed by atoms with van der Waals surface area (Å²) in [4.78, 5) is 4.89. The zero-order valence-corrected chi connectivity index (χ0v) is 17.5. The largest absolute Gasteiger partial charge is 0.393 e. The smallest absolute Gasteiger partial charge is 0.0575 e. The third-order valence-electron chi connectivity index (χ3n) is 6.68. The Balaban J connectivity index is 0.000000231. The molecule has 2 heterocycles. The minimum Gasteiger partial charge on any atom is -0.393 e. The van der Waals surface area contributed by atoms with Crippen LogP contribution in [-0.4, -0.2) is 57.3 Å². The van der Waals surface area contributed by atoms with Crippen LogP contribution in [0.4, 0.5) is 0 Å². The van der Waals surface area contributed by atoms with Crippen molar-refractivity contribution in [2.45, 2.75) is 116 Å². The van der Waals surface area contributed by atoms with Crippen molar-refractivity contribution in [2.75, 3.05) is 14.1 Å². The molecule has 1 N–H and O–H groups in total. The summed E-state index contributed by atoms with van der Waals surface area (Å²) in [6, 6.07) is 0. The monoisotopic (exact) mass is 326 g/mol. The van der Waals surface area contributed by atoms with Gasteiger partial charge in [0.05, 0.1) is 6.10 Å². The number of piperidine rings is 2. The van der Waals surface area contributed by atoms with E-state index in [1.54, 1.807) is 0 Å². The maximum atomic E-state index is 9.67. The molecule has 2 aliphatic heterocycles. The van der Waals surface area contributed by atoms with Crippen LogP contribution in [0.25, 0.3) is 0 Å². The van der Waals surface area contributed by atoms with Crippen LogP contribution in [0.15, 0.2) is 0 Å². The Kier molecular flexibility index (Phi) is 6.05. The first-order chi connectivity index (χ1) is 10.1. The van der Waals surface area contributed by atoms with Crippen LogP contribution in [0.3, 0.4) is 0 Å². The fourth-order valence-corrected chi connectivity index (χ4v) is 4.43. The average molecular weight is 327 g/mol. The van der Waals surface area contributed by atoms with Gasteiger partial charge in [-0.15, -0.1) is 0 Å². The lowest BCUT2D eigenvalue weighted by Crippen LogP contribution is -2.59. The van der Waals surface area contributed by atoms with Gasteiger partial charge in [-0.1, -0.05) is 0 Å². The van der Waals surface area contributed by atoms with Crippen LogP contribution in [0.5, 0.6) is 0 Å². The Hall–Kier alpha value is -0.120. The van der Waals surface area contributed by atoms with Gasteiger partial charge in [-0.3, -0.25) is 9.80 Å². The second kappa shape index (κ2) is 6.65. The van der Waals surface area contributed by atoms with Gasteiger partial charge in [0.1, 0.15) is 0 Å². The van der Waals surface area contributed by atoms with Crippen molar-refractivity contribution in [3.8, 4) is 0 Å². The SMILES string of the molecule is CN1C(C)(C)CC(O)CC1(C)C.CN1C(C)(C)CCCC1(C)C. The molecule has 2 rings (SSSR count). The second-order valence-corrected chi connectivity index (χ2v) is 10.3. The van der Waals surface area contributed by atoms with Gasteiger partial charge in [0, 0.05) is 22.2 Å². The molecule has 0 bridgehead atoms. The number of aliphatic hydroxyl groups is 1. The second-order valence-electron chi connectivity index (χ2n) is 10.3. The molecule has 0 atom stereocenters. The number of nitrogens with zero attached hydrogens (tertiary/aromatic N) is 2. The van der Waals surface area contributed by atoms with E-state index in [0.717, 1.165) is 12.8 Å². The summed E-state index contributed by atoms with van der Waals surface area (Å²) in [5, 5.41) is 9.67. The molecule has 23 heavy (non-hydrogen) atoms. The maximum Gasteiger partial charge on any atom is 0.0575 e. The van der Waals surface area contributed by atoms with Crippen molar-refractivity contribution in [3.05, 3.63) is 0 Å². The fourth-order valence-electron chi connectivity index (χ4n) is 4.43. The predicted molar refractivity (Wildman–Crippen MR) is 101 cm³/mol. The van der Waals surface area contributed by atoms with Gasteiger partial charge >= 0.3 is 0 Å². The molecule has 0 radical (unpaired) electrons. The highest BCUT2D eigenvalue weighted by molar-refractivity contribution is 4.98. The van der Waals surface area contributed by atoms with Gasteiger partial charge in [-0.25, -0.2) is 0 Å². The minimum absolute atomic E-state index is 0.126. The molecule has 0 aromatic carbocycles. The Morgan fingerprint density at radius 1 is 0.652 bits per heavy atom. The highest BCUT2D eigenvalue weighted by atomic mass is 16.3. The molecule has 0 aromatic rings. The van der Waals surface area contributed by atoms with Crippen LogP contribution in [0.2, 0.25) is 0 Å². The van der Waals surface area contributed by atoms with Crippen molar-refractivity contribution < 1.29 is 5.11 Å². The van der Waals surface area contributed by atoms with E-state index in [9.17, 15) is 5.11 Å². The van der Waals surface area contributed by atoms with E-state index in [0.29, 0.717) is 11.1 Å². The number of hydrogen-bond donors (Lipinski definition) is 1. The summed E-state index contributed by atoms with van der Waals surface area (Å²) in [5.41, 5.74) is 1.06. The fraction of sp³-hybridized carbons (Fsp3) is 1.00. The zero-order valence-electron chi connectivity index (χ0n) is 17.5. The third-order valence-corrected chi connectivity index (χ3v) is 6.68. The van der Waals surface area contributed by atoms with E-state index in [4.69, 9.17) is 0 Å². The lowest BCUT2D eigenvalue weighted by molar-refractivity contribution is -0.0641. The van der Waals surface area contributed by atoms with Gasteiger partial charge in [0.15, 0.2) is 0 Å². The molecule has 138 valence electrons. The van der Waals surface area contributed by atoms with Crippen LogP contribution in [0.1, 0.15) is 87.5 Å². The summed E-state index contributed by atoms with van der Waals surface area (Å²) in [7, 11) is 4.39. The van der Waals surface area contributed by atoms with Gasteiger partial charge in [0.2, 0.25) is 0 Å². The summed E-state index contributed by atoms with van der Waals surface area (Å²) >= 11 is 0. The normalized spacial score (nSPS) is 30.4. The number of aliphatic hydroxyl groups excluding tert-OH is 1. The molecule has 0 unspecified atom stereocenters. The molecule has 3 nitrogen and oxygen atoms in total. The minimum atomic E-state index is -0.133. The van der Waals surface area contributed by atoms with Gasteiger partial charge < -0.3 is 5.11 Å². The molecule has 2 fully saturated rings. The molecule has 0 spiro atoms. The van der Waals surface area contributed by atoms with E-state index in [1.165, 1.54) is 19.3 Å². The topological polar surface area (TPSA) is 26.7 Å². The number of rotatable bonds is 0. The third kappa shape index (κ3) is 4.93. The molecule has 2 aliphatic rings. The Bertz CT molecular complexity index is 364. The summed E-state index contributed by atoms with van der Waals surface area (Å²) in [6.45, 7) is 18.1. The van der Waals surface area contributed by atoms with Crippen molar-refractivity contribution in [2.24, 2.45) is 0 Å². The van der Waals surface area contributed by atoms with Gasteiger partial charge in [-0.05, 0) is 102 Å². The number of likely N-dealkylation sites (tertiary alicyclic amines) is 2.